The molecular weight excluding hydrogens is 470 g/mol. The Morgan fingerprint density at radius 2 is 1.91 bits per heavy atom. The van der Waals surface area contributed by atoms with E-state index in [1.54, 1.807) is 11.6 Å². The lowest BCUT2D eigenvalue weighted by molar-refractivity contribution is -0.387. The summed E-state index contributed by atoms with van der Waals surface area (Å²) in [4.78, 5) is 36.5. The lowest BCUT2D eigenvalue weighted by atomic mass is 9.48. The van der Waals surface area contributed by atoms with Crippen LogP contribution in [0.15, 0.2) is 34.6 Å². The van der Waals surface area contributed by atoms with Crippen LogP contribution in [0.1, 0.15) is 55.8 Å². The molecule has 4 saturated carbocycles. The molecule has 2 aromatic rings. The summed E-state index contributed by atoms with van der Waals surface area (Å²) in [6.45, 7) is 1.66. The summed E-state index contributed by atoms with van der Waals surface area (Å²) in [6, 6.07) is 4.12. The van der Waals surface area contributed by atoms with Crippen LogP contribution >= 0.6 is 11.8 Å². The van der Waals surface area contributed by atoms with Crippen molar-refractivity contribution < 1.29 is 19.2 Å². The van der Waals surface area contributed by atoms with Crippen molar-refractivity contribution in [2.45, 2.75) is 61.5 Å². The zero-order valence-electron chi connectivity index (χ0n) is 19.8. The summed E-state index contributed by atoms with van der Waals surface area (Å²) in [5.74, 6) is 1.23. The SMILES string of the molecule is C[C@H](NC(=O)COC(=O)c1ccc(Sc2nncn2C)c([N+](=O)[O-])c1)C12CC3CC(CC(C3)C1)C2. The van der Waals surface area contributed by atoms with Crippen molar-refractivity contribution in [1.82, 2.24) is 20.1 Å². The van der Waals surface area contributed by atoms with Crippen LogP contribution in [0.2, 0.25) is 0 Å². The van der Waals surface area contributed by atoms with Crippen LogP contribution in [0.5, 0.6) is 0 Å². The van der Waals surface area contributed by atoms with E-state index in [0.717, 1.165) is 35.6 Å². The van der Waals surface area contributed by atoms with E-state index in [1.807, 2.05) is 0 Å². The molecule has 1 N–H and O–H groups in total. The quantitative estimate of drug-likeness (QED) is 0.330. The number of amides is 1. The van der Waals surface area contributed by atoms with Gasteiger partial charge in [-0.2, -0.15) is 0 Å². The number of nitro groups is 1. The highest BCUT2D eigenvalue weighted by molar-refractivity contribution is 7.99. The van der Waals surface area contributed by atoms with Crippen molar-refractivity contribution in [3.8, 4) is 0 Å². The van der Waals surface area contributed by atoms with Gasteiger partial charge in [-0.05, 0) is 92.5 Å². The smallest absolute Gasteiger partial charge is 0.338 e. The summed E-state index contributed by atoms with van der Waals surface area (Å²) in [5.41, 5.74) is -0.0704. The number of rotatable bonds is 8. The summed E-state index contributed by atoms with van der Waals surface area (Å²) in [5, 5.41) is 22.8. The van der Waals surface area contributed by atoms with E-state index in [2.05, 4.69) is 22.4 Å². The van der Waals surface area contributed by atoms with E-state index in [1.165, 1.54) is 57.0 Å². The Morgan fingerprint density at radius 1 is 1.26 bits per heavy atom. The Balaban J connectivity index is 1.19. The molecule has 35 heavy (non-hydrogen) atoms. The third kappa shape index (κ3) is 4.78. The Morgan fingerprint density at radius 3 is 2.49 bits per heavy atom. The van der Waals surface area contributed by atoms with E-state index >= 15 is 0 Å². The van der Waals surface area contributed by atoms with Gasteiger partial charge in [0.15, 0.2) is 11.8 Å². The first-order valence-corrected chi connectivity index (χ1v) is 12.8. The topological polar surface area (TPSA) is 129 Å². The molecule has 0 saturated heterocycles. The molecule has 1 atom stereocenters. The number of aryl methyl sites for hydroxylation is 1. The van der Waals surface area contributed by atoms with Gasteiger partial charge in [0.25, 0.3) is 11.6 Å². The van der Waals surface area contributed by atoms with Gasteiger partial charge in [0.2, 0.25) is 0 Å². The van der Waals surface area contributed by atoms with Crippen LogP contribution in [0.3, 0.4) is 0 Å². The van der Waals surface area contributed by atoms with Gasteiger partial charge in [-0.15, -0.1) is 10.2 Å². The van der Waals surface area contributed by atoms with E-state index in [0.29, 0.717) is 10.1 Å². The molecule has 4 bridgehead atoms. The van der Waals surface area contributed by atoms with Gasteiger partial charge in [0, 0.05) is 19.2 Å². The number of nitro benzene ring substituents is 1. The monoisotopic (exact) mass is 499 g/mol. The number of nitrogens with one attached hydrogen (secondary N) is 1. The number of aromatic nitrogens is 3. The normalized spacial score (nSPS) is 27.4. The second-order valence-electron chi connectivity index (χ2n) is 10.4. The van der Waals surface area contributed by atoms with Crippen molar-refractivity contribution in [3.05, 3.63) is 40.2 Å². The Bertz CT molecular complexity index is 1130. The first-order valence-electron chi connectivity index (χ1n) is 12.0. The second-order valence-corrected chi connectivity index (χ2v) is 11.4. The minimum absolute atomic E-state index is 0.0148. The van der Waals surface area contributed by atoms with Gasteiger partial charge in [-0.25, -0.2) is 4.79 Å². The lowest BCUT2D eigenvalue weighted by Gasteiger charge is -2.59. The molecule has 0 unspecified atom stereocenters. The fourth-order valence-corrected chi connectivity index (χ4v) is 7.55. The molecule has 1 aromatic heterocycles. The molecule has 1 aromatic carbocycles. The number of nitrogens with zero attached hydrogens (tertiary/aromatic N) is 4. The molecule has 186 valence electrons. The molecular formula is C24H29N5O5S. The number of carbonyl (C=O) groups is 2. The first kappa shape index (κ1) is 23.8. The fourth-order valence-electron chi connectivity index (χ4n) is 6.70. The highest BCUT2D eigenvalue weighted by atomic mass is 32.2. The van der Waals surface area contributed by atoms with Gasteiger partial charge in [-0.3, -0.25) is 14.9 Å². The highest BCUT2D eigenvalue weighted by Gasteiger charge is 2.53. The van der Waals surface area contributed by atoms with Crippen molar-refractivity contribution in [2.24, 2.45) is 30.2 Å². The molecule has 0 aliphatic heterocycles. The molecule has 4 fully saturated rings. The second kappa shape index (κ2) is 9.25. The standard InChI is InChI=1S/C24H29N5O5S/c1-14(24-9-15-5-16(10-24)7-17(6-15)11-24)26-21(30)12-34-22(31)18-3-4-20(19(8-18)29(32)33)35-23-27-25-13-28(23)2/h3-4,8,13-17H,5-7,9-12H2,1-2H3,(H,26,30)/t14-,15?,16?,17?,24?/m0/s1. The Hall–Kier alpha value is -2.95. The van der Waals surface area contributed by atoms with Crippen LogP contribution in [-0.2, 0) is 16.6 Å². The first-order chi connectivity index (χ1) is 16.7. The Kier molecular flexibility index (Phi) is 6.29. The van der Waals surface area contributed by atoms with Crippen molar-refractivity contribution in [1.29, 1.82) is 0 Å². The number of carbonyl (C=O) groups excluding carboxylic acids is 2. The number of esters is 1. The maximum atomic E-state index is 12.6. The third-order valence-electron chi connectivity index (χ3n) is 7.98. The van der Waals surface area contributed by atoms with Gasteiger partial charge in [0.1, 0.15) is 6.33 Å². The molecule has 10 nitrogen and oxygen atoms in total. The average molecular weight is 500 g/mol. The van der Waals surface area contributed by atoms with Gasteiger partial charge in [-0.1, -0.05) is 0 Å². The summed E-state index contributed by atoms with van der Waals surface area (Å²) >= 11 is 1.08. The van der Waals surface area contributed by atoms with Crippen LogP contribution in [0.4, 0.5) is 5.69 Å². The zero-order chi connectivity index (χ0) is 24.7. The van der Waals surface area contributed by atoms with E-state index in [9.17, 15) is 19.7 Å². The predicted octanol–water partition coefficient (Wildman–Crippen LogP) is 3.75. The van der Waals surface area contributed by atoms with Crippen LogP contribution in [0.25, 0.3) is 0 Å². The van der Waals surface area contributed by atoms with Gasteiger partial charge < -0.3 is 14.6 Å². The van der Waals surface area contributed by atoms with Crippen molar-refractivity contribution in [3.63, 3.8) is 0 Å². The minimum atomic E-state index is -0.777. The summed E-state index contributed by atoms with van der Waals surface area (Å²) < 4.78 is 6.84. The number of hydrogen-bond donors (Lipinski definition) is 1. The van der Waals surface area contributed by atoms with Gasteiger partial charge >= 0.3 is 5.97 Å². The summed E-state index contributed by atoms with van der Waals surface area (Å²) in [7, 11) is 1.73. The van der Waals surface area contributed by atoms with E-state index in [4.69, 9.17) is 4.74 Å². The van der Waals surface area contributed by atoms with Crippen LogP contribution in [-0.4, -0.2) is 44.2 Å². The van der Waals surface area contributed by atoms with Crippen molar-refractivity contribution in [2.75, 3.05) is 6.61 Å². The number of ether oxygens (including phenoxy) is 1. The third-order valence-corrected chi connectivity index (χ3v) is 9.10. The lowest BCUT2D eigenvalue weighted by Crippen LogP contribution is -2.56. The highest BCUT2D eigenvalue weighted by Crippen LogP contribution is 2.61. The molecule has 11 heteroatoms. The van der Waals surface area contributed by atoms with E-state index < -0.39 is 17.5 Å². The molecule has 1 amide bonds. The fraction of sp³-hybridized carbons (Fsp3) is 0.583. The maximum absolute atomic E-state index is 12.6. The molecule has 1 heterocycles. The molecule has 0 radical (unpaired) electrons. The average Bonchev–Trinajstić information content (AvgIpc) is 3.21. The molecule has 4 aliphatic carbocycles. The van der Waals surface area contributed by atoms with E-state index in [-0.39, 0.29) is 28.6 Å². The maximum Gasteiger partial charge on any atom is 0.338 e. The molecule has 6 rings (SSSR count). The zero-order valence-corrected chi connectivity index (χ0v) is 20.6. The molecule has 4 aliphatic rings. The van der Waals surface area contributed by atoms with Crippen LogP contribution < -0.4 is 5.32 Å². The van der Waals surface area contributed by atoms with Crippen LogP contribution in [0, 0.1) is 33.3 Å². The number of benzene rings is 1. The largest absolute Gasteiger partial charge is 0.452 e. The summed E-state index contributed by atoms with van der Waals surface area (Å²) in [6.07, 6.45) is 9.00. The minimum Gasteiger partial charge on any atom is -0.452 e. The molecule has 0 spiro atoms. The Labute approximate surface area is 207 Å². The number of hydrogen-bond acceptors (Lipinski definition) is 8. The van der Waals surface area contributed by atoms with Gasteiger partial charge in [0.05, 0.1) is 15.4 Å². The predicted molar refractivity (Wildman–Crippen MR) is 127 cm³/mol. The van der Waals surface area contributed by atoms with Crippen molar-refractivity contribution >= 4 is 29.3 Å².